The summed E-state index contributed by atoms with van der Waals surface area (Å²) < 4.78 is 0. The van der Waals surface area contributed by atoms with Crippen LogP contribution in [0.2, 0.25) is 0 Å². The van der Waals surface area contributed by atoms with E-state index in [0.29, 0.717) is 6.42 Å². The van der Waals surface area contributed by atoms with E-state index in [0.717, 1.165) is 0 Å². The number of rotatable bonds is 4. The maximum absolute atomic E-state index is 9.40. The average Bonchev–Trinajstić information content (AvgIpc) is 1.80. The lowest BCUT2D eigenvalue weighted by molar-refractivity contribution is -0.00693. The molecule has 1 atom stereocenters. The first-order chi connectivity index (χ1) is 4.52. The highest BCUT2D eigenvalue weighted by atomic mass is 16.3. The largest absolute Gasteiger partial charge is 0.396 e. The fourth-order valence-corrected chi connectivity index (χ4v) is 0.788. The Morgan fingerprint density at radius 1 is 1.60 bits per heavy atom. The minimum atomic E-state index is -0.803. The van der Waals surface area contributed by atoms with Crippen molar-refractivity contribution < 1.29 is 10.2 Å². The second-order valence-electron chi connectivity index (χ2n) is 3.06. The van der Waals surface area contributed by atoms with Crippen molar-refractivity contribution in [3.8, 4) is 0 Å². The van der Waals surface area contributed by atoms with Gasteiger partial charge >= 0.3 is 0 Å². The van der Waals surface area contributed by atoms with Gasteiger partial charge in [0.2, 0.25) is 0 Å². The van der Waals surface area contributed by atoms with Gasteiger partial charge in [-0.25, -0.2) is 0 Å². The molecule has 0 saturated carbocycles. The first-order valence-electron chi connectivity index (χ1n) is 3.46. The number of hydrogen-bond acceptors (Lipinski definition) is 2. The van der Waals surface area contributed by atoms with E-state index in [2.05, 4.69) is 6.58 Å². The molecule has 0 rings (SSSR count). The highest BCUT2D eigenvalue weighted by Crippen LogP contribution is 2.19. The summed E-state index contributed by atoms with van der Waals surface area (Å²) in [7, 11) is 0. The van der Waals surface area contributed by atoms with Crippen LogP contribution in [-0.2, 0) is 0 Å². The molecule has 2 heteroatoms. The Morgan fingerprint density at radius 2 is 2.10 bits per heavy atom. The predicted molar refractivity (Wildman–Crippen MR) is 41.7 cm³/mol. The molecule has 0 aromatic heterocycles. The van der Waals surface area contributed by atoms with Crippen molar-refractivity contribution in [2.24, 2.45) is 5.92 Å². The second kappa shape index (κ2) is 3.74. The highest BCUT2D eigenvalue weighted by Gasteiger charge is 2.24. The van der Waals surface area contributed by atoms with Crippen LogP contribution in [0, 0.1) is 5.92 Å². The van der Waals surface area contributed by atoms with Crippen LogP contribution in [0.25, 0.3) is 0 Å². The third-order valence-electron chi connectivity index (χ3n) is 1.67. The molecule has 0 spiro atoms. The van der Waals surface area contributed by atoms with Crippen LogP contribution in [0.15, 0.2) is 12.7 Å². The molecule has 60 valence electrons. The third-order valence-corrected chi connectivity index (χ3v) is 1.67. The van der Waals surface area contributed by atoms with E-state index >= 15 is 0 Å². The number of allylic oxidation sites excluding steroid dienone is 1. The molecule has 2 N–H and O–H groups in total. The minimum Gasteiger partial charge on any atom is -0.396 e. The van der Waals surface area contributed by atoms with Gasteiger partial charge in [-0.2, -0.15) is 0 Å². The van der Waals surface area contributed by atoms with Crippen LogP contribution in [0.3, 0.4) is 0 Å². The molecular formula is C8H16O2. The Bertz CT molecular complexity index is 102. The van der Waals surface area contributed by atoms with Crippen molar-refractivity contribution >= 4 is 0 Å². The molecule has 0 aliphatic heterocycles. The van der Waals surface area contributed by atoms with E-state index in [1.807, 2.05) is 0 Å². The molecule has 0 aliphatic carbocycles. The Kier molecular flexibility index (Phi) is 3.61. The van der Waals surface area contributed by atoms with Crippen LogP contribution < -0.4 is 0 Å². The average molecular weight is 144 g/mol. The molecule has 10 heavy (non-hydrogen) atoms. The van der Waals surface area contributed by atoms with Gasteiger partial charge in [-0.15, -0.1) is 6.58 Å². The molecule has 0 amide bonds. The van der Waals surface area contributed by atoms with Crippen LogP contribution >= 0.6 is 0 Å². The lowest BCUT2D eigenvalue weighted by Gasteiger charge is -2.26. The number of aliphatic hydroxyl groups is 2. The van der Waals surface area contributed by atoms with Crippen LogP contribution in [0.5, 0.6) is 0 Å². The summed E-state index contributed by atoms with van der Waals surface area (Å²) in [6, 6.07) is 0. The first kappa shape index (κ1) is 9.66. The zero-order valence-corrected chi connectivity index (χ0v) is 6.67. The molecule has 1 unspecified atom stereocenters. The Labute approximate surface area is 62.2 Å². The smallest absolute Gasteiger partial charge is 0.0644 e. The van der Waals surface area contributed by atoms with Gasteiger partial charge < -0.3 is 10.2 Å². The van der Waals surface area contributed by atoms with E-state index in [9.17, 15) is 5.11 Å². The maximum Gasteiger partial charge on any atom is 0.0644 e. The van der Waals surface area contributed by atoms with Gasteiger partial charge in [0.05, 0.1) is 5.60 Å². The molecule has 0 heterocycles. The van der Waals surface area contributed by atoms with Crippen molar-refractivity contribution in [2.45, 2.75) is 25.9 Å². The SMILES string of the molecule is C=CCC(CO)C(C)(C)O. The molecule has 0 aliphatic rings. The zero-order chi connectivity index (χ0) is 8.20. The summed E-state index contributed by atoms with van der Waals surface area (Å²) in [6.07, 6.45) is 2.36. The monoisotopic (exact) mass is 144 g/mol. The summed E-state index contributed by atoms with van der Waals surface area (Å²) in [5, 5.41) is 18.2. The number of aliphatic hydroxyl groups excluding tert-OH is 1. The summed E-state index contributed by atoms with van der Waals surface area (Å²) in [4.78, 5) is 0. The fourth-order valence-electron chi connectivity index (χ4n) is 0.788. The van der Waals surface area contributed by atoms with E-state index < -0.39 is 5.60 Å². The maximum atomic E-state index is 9.40. The van der Waals surface area contributed by atoms with E-state index in [1.54, 1.807) is 19.9 Å². The van der Waals surface area contributed by atoms with Gasteiger partial charge in [-0.05, 0) is 20.3 Å². The quantitative estimate of drug-likeness (QED) is 0.576. The van der Waals surface area contributed by atoms with Crippen molar-refractivity contribution in [3.63, 3.8) is 0 Å². The molecule has 2 nitrogen and oxygen atoms in total. The molecular weight excluding hydrogens is 128 g/mol. The van der Waals surface area contributed by atoms with Crippen molar-refractivity contribution in [2.75, 3.05) is 6.61 Å². The Morgan fingerprint density at radius 3 is 2.20 bits per heavy atom. The molecule has 0 fully saturated rings. The van der Waals surface area contributed by atoms with Crippen molar-refractivity contribution in [1.29, 1.82) is 0 Å². The molecule has 0 aromatic rings. The fraction of sp³-hybridized carbons (Fsp3) is 0.750. The van der Waals surface area contributed by atoms with E-state index in [4.69, 9.17) is 5.11 Å². The van der Waals surface area contributed by atoms with Crippen LogP contribution in [-0.4, -0.2) is 22.4 Å². The Balaban J connectivity index is 3.92. The van der Waals surface area contributed by atoms with Gasteiger partial charge in [-0.1, -0.05) is 6.08 Å². The lowest BCUT2D eigenvalue weighted by Crippen LogP contribution is -2.32. The standard InChI is InChI=1S/C8H16O2/c1-4-5-7(6-9)8(2,3)10/h4,7,9-10H,1,5-6H2,2-3H3. The van der Waals surface area contributed by atoms with Crippen molar-refractivity contribution in [3.05, 3.63) is 12.7 Å². The van der Waals surface area contributed by atoms with E-state index in [1.165, 1.54) is 0 Å². The molecule has 0 bridgehead atoms. The van der Waals surface area contributed by atoms with Crippen LogP contribution in [0.4, 0.5) is 0 Å². The van der Waals surface area contributed by atoms with Gasteiger partial charge in [0, 0.05) is 12.5 Å². The molecule has 0 radical (unpaired) electrons. The third kappa shape index (κ3) is 2.99. The van der Waals surface area contributed by atoms with E-state index in [-0.39, 0.29) is 12.5 Å². The summed E-state index contributed by atoms with van der Waals surface area (Å²) in [5.41, 5.74) is -0.803. The Hall–Kier alpha value is -0.340. The van der Waals surface area contributed by atoms with Gasteiger partial charge in [-0.3, -0.25) is 0 Å². The second-order valence-corrected chi connectivity index (χ2v) is 3.06. The van der Waals surface area contributed by atoms with Crippen molar-refractivity contribution in [1.82, 2.24) is 0 Å². The molecule has 0 saturated heterocycles. The summed E-state index contributed by atoms with van der Waals surface area (Å²) in [6.45, 7) is 6.93. The minimum absolute atomic E-state index is 0.00944. The van der Waals surface area contributed by atoms with Crippen LogP contribution in [0.1, 0.15) is 20.3 Å². The number of hydrogen-bond donors (Lipinski definition) is 2. The molecule has 0 aromatic carbocycles. The zero-order valence-electron chi connectivity index (χ0n) is 6.67. The lowest BCUT2D eigenvalue weighted by atomic mass is 9.89. The summed E-state index contributed by atoms with van der Waals surface area (Å²) >= 11 is 0. The predicted octanol–water partition coefficient (Wildman–Crippen LogP) is 0.942. The normalized spacial score (nSPS) is 14.8. The van der Waals surface area contributed by atoms with Gasteiger partial charge in [0.25, 0.3) is 0 Å². The summed E-state index contributed by atoms with van der Waals surface area (Å²) in [5.74, 6) is -0.0926. The first-order valence-corrected chi connectivity index (χ1v) is 3.46. The topological polar surface area (TPSA) is 40.5 Å². The van der Waals surface area contributed by atoms with Gasteiger partial charge in [0.1, 0.15) is 0 Å². The van der Waals surface area contributed by atoms with Gasteiger partial charge in [0.15, 0.2) is 0 Å². The highest BCUT2D eigenvalue weighted by molar-refractivity contribution is 4.82.